The first kappa shape index (κ1) is 13.5. The zero-order valence-electron chi connectivity index (χ0n) is 9.17. The molecule has 0 aliphatic heterocycles. The first-order valence-electron chi connectivity index (χ1n) is 5.17. The van der Waals surface area contributed by atoms with Crippen LogP contribution in [0, 0.1) is 11.3 Å². The molecule has 0 saturated carbocycles. The van der Waals surface area contributed by atoms with E-state index in [-0.39, 0.29) is 6.04 Å². The van der Waals surface area contributed by atoms with Gasteiger partial charge in [-0.05, 0) is 36.2 Å². The number of hydrogen-bond donors (Lipinski definition) is 1. The van der Waals surface area contributed by atoms with Crippen molar-refractivity contribution in [3.05, 3.63) is 44.7 Å². The molecule has 0 amide bonds. The molecule has 0 fully saturated rings. The maximum atomic E-state index is 9.05. The Morgan fingerprint density at radius 3 is 2.76 bits per heavy atom. The molecule has 5 nitrogen and oxygen atoms in total. The normalized spacial score (nSPS) is 11.3. The molecule has 1 aromatic carbocycles. The molecule has 1 rings (SSSR count). The summed E-state index contributed by atoms with van der Waals surface area (Å²) in [5, 5.41) is 15.6. The summed E-state index contributed by atoms with van der Waals surface area (Å²) in [6, 6.07) is 9.48. The second-order valence-corrected chi connectivity index (χ2v) is 4.29. The summed E-state index contributed by atoms with van der Waals surface area (Å²) in [5.41, 5.74) is 9.04. The maximum absolute atomic E-state index is 9.05. The van der Waals surface area contributed by atoms with Crippen molar-refractivity contribution in [3.8, 4) is 6.07 Å². The Labute approximate surface area is 108 Å². The highest BCUT2D eigenvalue weighted by Gasteiger charge is 2.08. The van der Waals surface area contributed by atoms with Crippen LogP contribution in [0.5, 0.6) is 0 Å². The van der Waals surface area contributed by atoms with Crippen molar-refractivity contribution in [2.75, 3.05) is 13.1 Å². The maximum Gasteiger partial charge on any atom is 0.121 e. The highest BCUT2D eigenvalue weighted by atomic mass is 79.9. The van der Waals surface area contributed by atoms with Crippen LogP contribution in [0.25, 0.3) is 10.4 Å². The summed E-state index contributed by atoms with van der Waals surface area (Å²) in [6.07, 6.45) is 0.721. The van der Waals surface area contributed by atoms with Gasteiger partial charge in [-0.2, -0.15) is 5.26 Å². The van der Waals surface area contributed by atoms with E-state index in [2.05, 4.69) is 37.3 Å². The molecule has 0 aliphatic carbocycles. The number of rotatable bonds is 6. The van der Waals surface area contributed by atoms with Gasteiger partial charge in [-0.1, -0.05) is 33.2 Å². The predicted molar refractivity (Wildman–Crippen MR) is 69.1 cm³/mol. The number of nitrogens with zero attached hydrogens (tertiary/aromatic N) is 4. The first-order valence-corrected chi connectivity index (χ1v) is 5.96. The van der Waals surface area contributed by atoms with Crippen LogP contribution in [0.4, 0.5) is 0 Å². The summed E-state index contributed by atoms with van der Waals surface area (Å²) in [7, 11) is 0. The number of nitriles is 1. The molecule has 1 atom stereocenters. The van der Waals surface area contributed by atoms with E-state index in [1.807, 2.05) is 24.3 Å². The van der Waals surface area contributed by atoms with Gasteiger partial charge in [0.05, 0.1) is 6.07 Å². The van der Waals surface area contributed by atoms with E-state index in [4.69, 9.17) is 10.8 Å². The lowest BCUT2D eigenvalue weighted by atomic mass is 10.1. The van der Waals surface area contributed by atoms with E-state index < -0.39 is 0 Å². The van der Waals surface area contributed by atoms with E-state index in [0.29, 0.717) is 13.1 Å². The zero-order chi connectivity index (χ0) is 12.5. The molecule has 0 aliphatic rings. The molecule has 0 bridgehead atoms. The average molecular weight is 294 g/mol. The number of halogens is 1. The second kappa shape index (κ2) is 7.69. The van der Waals surface area contributed by atoms with Crippen LogP contribution >= 0.6 is 15.9 Å². The van der Waals surface area contributed by atoms with Gasteiger partial charge in [0.1, 0.15) is 6.04 Å². The number of azide groups is 1. The number of hydrogen-bond acceptors (Lipinski definition) is 3. The van der Waals surface area contributed by atoms with Gasteiger partial charge in [-0.3, -0.25) is 5.32 Å². The molecule has 0 radical (unpaired) electrons. The largest absolute Gasteiger partial charge is 0.298 e. The molecule has 6 heteroatoms. The lowest BCUT2D eigenvalue weighted by molar-refractivity contribution is 0.607. The minimum atomic E-state index is -0.325. The van der Waals surface area contributed by atoms with Crippen molar-refractivity contribution in [2.45, 2.75) is 12.5 Å². The quantitative estimate of drug-likeness (QED) is 0.378. The van der Waals surface area contributed by atoms with Gasteiger partial charge in [0.25, 0.3) is 0 Å². The van der Waals surface area contributed by atoms with E-state index >= 15 is 0 Å². The van der Waals surface area contributed by atoms with Gasteiger partial charge in [-0.25, -0.2) is 0 Å². The first-order chi connectivity index (χ1) is 8.27. The van der Waals surface area contributed by atoms with Crippen molar-refractivity contribution in [2.24, 2.45) is 5.11 Å². The Morgan fingerprint density at radius 2 is 2.18 bits per heavy atom. The molecule has 0 spiro atoms. The fourth-order valence-corrected chi connectivity index (χ4v) is 1.60. The van der Waals surface area contributed by atoms with E-state index in [0.717, 1.165) is 16.5 Å². The van der Waals surface area contributed by atoms with Crippen LogP contribution in [-0.4, -0.2) is 13.1 Å². The summed E-state index contributed by atoms with van der Waals surface area (Å²) < 4.78 is 0.987. The molecular formula is C11H12BrN5. The van der Waals surface area contributed by atoms with Crippen LogP contribution in [0.3, 0.4) is 0 Å². The van der Waals surface area contributed by atoms with Gasteiger partial charge in [-0.15, -0.1) is 0 Å². The smallest absolute Gasteiger partial charge is 0.121 e. The summed E-state index contributed by atoms with van der Waals surface area (Å²) in [6.45, 7) is 1.09. The van der Waals surface area contributed by atoms with Gasteiger partial charge < -0.3 is 0 Å². The molecule has 0 heterocycles. The van der Waals surface area contributed by atoms with E-state index in [9.17, 15) is 0 Å². The Hall–Kier alpha value is -1.54. The minimum absolute atomic E-state index is 0.325. The molecule has 1 unspecified atom stereocenters. The van der Waals surface area contributed by atoms with E-state index in [1.54, 1.807) is 0 Å². The van der Waals surface area contributed by atoms with Crippen molar-refractivity contribution in [1.29, 1.82) is 5.26 Å². The van der Waals surface area contributed by atoms with Gasteiger partial charge >= 0.3 is 0 Å². The third kappa shape index (κ3) is 4.87. The van der Waals surface area contributed by atoms with Gasteiger partial charge in [0, 0.05) is 15.9 Å². The van der Waals surface area contributed by atoms with Crippen LogP contribution in [0.1, 0.15) is 18.0 Å². The summed E-state index contributed by atoms with van der Waals surface area (Å²) >= 11 is 3.35. The minimum Gasteiger partial charge on any atom is -0.298 e. The average Bonchev–Trinajstić information content (AvgIpc) is 2.35. The number of benzene rings is 1. The molecule has 0 saturated heterocycles. The van der Waals surface area contributed by atoms with Crippen molar-refractivity contribution in [1.82, 2.24) is 5.32 Å². The zero-order valence-corrected chi connectivity index (χ0v) is 10.8. The molecule has 88 valence electrons. The second-order valence-electron chi connectivity index (χ2n) is 3.38. The van der Waals surface area contributed by atoms with Crippen LogP contribution in [0.15, 0.2) is 33.9 Å². The highest BCUT2D eigenvalue weighted by molar-refractivity contribution is 9.10. The summed E-state index contributed by atoms with van der Waals surface area (Å²) in [4.78, 5) is 2.67. The van der Waals surface area contributed by atoms with Crippen molar-refractivity contribution >= 4 is 15.9 Å². The van der Waals surface area contributed by atoms with Crippen LogP contribution < -0.4 is 5.32 Å². The predicted octanol–water partition coefficient (Wildman–Crippen LogP) is 3.30. The molecule has 17 heavy (non-hydrogen) atoms. The lowest BCUT2D eigenvalue weighted by Gasteiger charge is -2.11. The fraction of sp³-hybridized carbons (Fsp3) is 0.364. The number of nitrogens with one attached hydrogen (secondary N) is 1. The summed E-state index contributed by atoms with van der Waals surface area (Å²) in [5.74, 6) is 0. The molecule has 1 aromatic rings. The van der Waals surface area contributed by atoms with Crippen LogP contribution in [0.2, 0.25) is 0 Å². The third-order valence-corrected chi connectivity index (χ3v) is 2.71. The van der Waals surface area contributed by atoms with Crippen LogP contribution in [-0.2, 0) is 0 Å². The Balaban J connectivity index is 2.46. The molecular weight excluding hydrogens is 282 g/mol. The third-order valence-electron chi connectivity index (χ3n) is 2.18. The Bertz CT molecular complexity index is 430. The molecule has 1 N–H and O–H groups in total. The van der Waals surface area contributed by atoms with Gasteiger partial charge in [0.2, 0.25) is 0 Å². The lowest BCUT2D eigenvalue weighted by Crippen LogP contribution is -2.21. The highest BCUT2D eigenvalue weighted by Crippen LogP contribution is 2.16. The fourth-order valence-electron chi connectivity index (χ4n) is 1.33. The Kier molecular flexibility index (Phi) is 6.12. The topological polar surface area (TPSA) is 84.6 Å². The monoisotopic (exact) mass is 293 g/mol. The van der Waals surface area contributed by atoms with E-state index in [1.165, 1.54) is 0 Å². The molecule has 0 aromatic heterocycles. The van der Waals surface area contributed by atoms with Crippen molar-refractivity contribution < 1.29 is 0 Å². The standard InChI is InChI=1S/C11H12BrN5/c12-10-4-2-9(3-5-10)11(8-13)15-6-1-7-16-17-14/h2-5,11,15H,1,6-7H2. The Morgan fingerprint density at radius 1 is 1.47 bits per heavy atom. The SMILES string of the molecule is N#CC(NCCCN=[N+]=[N-])c1ccc(Br)cc1. The van der Waals surface area contributed by atoms with Crippen molar-refractivity contribution in [3.63, 3.8) is 0 Å². The van der Waals surface area contributed by atoms with Gasteiger partial charge in [0.15, 0.2) is 0 Å².